The minimum Gasteiger partial charge on any atom is -0.394 e. The Morgan fingerprint density at radius 2 is 1.39 bits per heavy atom. The Kier molecular flexibility index (Phi) is 6.27. The van der Waals surface area contributed by atoms with Gasteiger partial charge in [-0.15, -0.1) is 0 Å². The predicted molar refractivity (Wildman–Crippen MR) is 70.6 cm³/mol. The molecule has 11 nitrogen and oxygen atoms in total. The lowest BCUT2D eigenvalue weighted by Crippen LogP contribution is -2.66. The van der Waals surface area contributed by atoms with Crippen LogP contribution in [0.25, 0.3) is 0 Å². The minimum absolute atomic E-state index is 0.622. The molecule has 2 rings (SSSR count). The highest BCUT2D eigenvalue weighted by atomic mass is 16.7. The molecule has 2 heterocycles. The van der Waals surface area contributed by atoms with Gasteiger partial charge in [0, 0.05) is 0 Å². The van der Waals surface area contributed by atoms with Crippen molar-refractivity contribution in [1.82, 2.24) is 0 Å². The maximum Gasteiger partial charge on any atom is 0.187 e. The van der Waals surface area contributed by atoms with Crippen LogP contribution in [0.2, 0.25) is 0 Å². The second-order valence-electron chi connectivity index (χ2n) is 5.61. The number of aliphatic hydroxyl groups is 7. The van der Waals surface area contributed by atoms with Crippen molar-refractivity contribution in [2.24, 2.45) is 5.73 Å². The molecule has 11 heteroatoms. The number of ether oxygens (including phenoxy) is 3. The molecule has 0 spiro atoms. The molecule has 0 saturated carbocycles. The second kappa shape index (κ2) is 7.63. The molecule has 0 amide bonds. The van der Waals surface area contributed by atoms with Gasteiger partial charge in [-0.3, -0.25) is 0 Å². The van der Waals surface area contributed by atoms with Gasteiger partial charge in [-0.25, -0.2) is 0 Å². The van der Waals surface area contributed by atoms with E-state index in [0.29, 0.717) is 0 Å². The quantitative estimate of drug-likeness (QED) is 0.243. The molecule has 0 unspecified atom stereocenters. The SMILES string of the molecule is N[C@@H]1[C@@H](O)[C@H](O[C@H]2O[C@H](CO)[C@@H](O)[C@H](O)[C@H]2O)[C@@H](CO)O[C@@H]1O. The van der Waals surface area contributed by atoms with Crippen molar-refractivity contribution < 1.29 is 50.0 Å². The molecule has 0 bridgehead atoms. The Balaban J connectivity index is 2.11. The molecular weight excluding hydrogens is 318 g/mol. The zero-order valence-corrected chi connectivity index (χ0v) is 12.1. The average Bonchev–Trinajstić information content (AvgIpc) is 2.55. The summed E-state index contributed by atoms with van der Waals surface area (Å²) >= 11 is 0. The smallest absolute Gasteiger partial charge is 0.187 e. The van der Waals surface area contributed by atoms with Crippen LogP contribution in [0, 0.1) is 0 Å². The van der Waals surface area contributed by atoms with Crippen LogP contribution in [-0.4, -0.2) is 110 Å². The van der Waals surface area contributed by atoms with E-state index in [-0.39, 0.29) is 0 Å². The number of nitrogens with two attached hydrogens (primary N) is 1. The Hall–Kier alpha value is -0.440. The Bertz CT molecular complexity index is 383. The highest BCUT2D eigenvalue weighted by molar-refractivity contribution is 4.94. The normalized spacial score (nSPS) is 51.7. The van der Waals surface area contributed by atoms with Gasteiger partial charge in [0.15, 0.2) is 12.6 Å². The molecule has 2 fully saturated rings. The molecule has 136 valence electrons. The fraction of sp³-hybridized carbons (Fsp3) is 1.00. The van der Waals surface area contributed by atoms with Crippen LogP contribution >= 0.6 is 0 Å². The molecule has 0 aromatic carbocycles. The molecule has 23 heavy (non-hydrogen) atoms. The summed E-state index contributed by atoms with van der Waals surface area (Å²) in [7, 11) is 0. The second-order valence-corrected chi connectivity index (χ2v) is 5.61. The molecule has 0 aromatic heterocycles. The number of hydrogen-bond acceptors (Lipinski definition) is 11. The van der Waals surface area contributed by atoms with E-state index in [1.54, 1.807) is 0 Å². The van der Waals surface area contributed by atoms with Crippen LogP contribution in [0.5, 0.6) is 0 Å². The van der Waals surface area contributed by atoms with Gasteiger partial charge < -0.3 is 55.7 Å². The molecule has 2 saturated heterocycles. The maximum atomic E-state index is 10.1. The van der Waals surface area contributed by atoms with Crippen molar-refractivity contribution in [1.29, 1.82) is 0 Å². The van der Waals surface area contributed by atoms with E-state index >= 15 is 0 Å². The molecule has 0 aromatic rings. The van der Waals surface area contributed by atoms with Crippen LogP contribution in [0.1, 0.15) is 0 Å². The lowest BCUT2D eigenvalue weighted by molar-refractivity contribution is -0.344. The van der Waals surface area contributed by atoms with Gasteiger partial charge in [-0.05, 0) is 0 Å². The first-order chi connectivity index (χ1) is 10.8. The Morgan fingerprint density at radius 1 is 0.783 bits per heavy atom. The third-order valence-corrected chi connectivity index (χ3v) is 4.06. The van der Waals surface area contributed by atoms with Crippen molar-refractivity contribution in [3.63, 3.8) is 0 Å². The third-order valence-electron chi connectivity index (χ3n) is 4.06. The summed E-state index contributed by atoms with van der Waals surface area (Å²) < 4.78 is 15.5. The van der Waals surface area contributed by atoms with Crippen molar-refractivity contribution in [2.75, 3.05) is 13.2 Å². The first kappa shape index (κ1) is 18.9. The Labute approximate surface area is 131 Å². The monoisotopic (exact) mass is 341 g/mol. The summed E-state index contributed by atoms with van der Waals surface area (Å²) in [6.45, 7) is -1.26. The first-order valence-electron chi connectivity index (χ1n) is 7.15. The van der Waals surface area contributed by atoms with Gasteiger partial charge in [-0.1, -0.05) is 0 Å². The van der Waals surface area contributed by atoms with Gasteiger partial charge in [0.25, 0.3) is 0 Å². The summed E-state index contributed by atoms with van der Waals surface area (Å²) in [5.74, 6) is 0. The summed E-state index contributed by atoms with van der Waals surface area (Å²) in [5, 5.41) is 67.3. The van der Waals surface area contributed by atoms with Crippen LogP contribution in [0.3, 0.4) is 0 Å². The molecule has 2 aliphatic heterocycles. The lowest BCUT2D eigenvalue weighted by atomic mass is 9.96. The standard InChI is InChI=1S/C12H23NO10/c13-5-7(17)10(4(2-15)21-11(5)20)23-12-9(19)8(18)6(16)3(1-14)22-12/h3-12,14-20H,1-2,13H2/t3-,4-,5-,6-,7-,8+,9-,10-,11+,12-/m1/s1. The third kappa shape index (κ3) is 3.65. The van der Waals surface area contributed by atoms with E-state index in [0.717, 1.165) is 0 Å². The zero-order valence-electron chi connectivity index (χ0n) is 12.1. The van der Waals surface area contributed by atoms with Crippen LogP contribution in [0.4, 0.5) is 0 Å². The average molecular weight is 341 g/mol. The molecular formula is C12H23NO10. The molecule has 0 radical (unpaired) electrons. The van der Waals surface area contributed by atoms with Gasteiger partial charge in [0.2, 0.25) is 0 Å². The van der Waals surface area contributed by atoms with Crippen LogP contribution in [0.15, 0.2) is 0 Å². The topological polar surface area (TPSA) is 195 Å². The lowest BCUT2D eigenvalue weighted by Gasteiger charge is -2.45. The number of hydrogen-bond donors (Lipinski definition) is 8. The fourth-order valence-electron chi connectivity index (χ4n) is 2.60. The van der Waals surface area contributed by atoms with E-state index in [4.69, 9.17) is 25.1 Å². The van der Waals surface area contributed by atoms with Gasteiger partial charge in [0.05, 0.1) is 19.3 Å². The zero-order chi connectivity index (χ0) is 17.3. The summed E-state index contributed by atoms with van der Waals surface area (Å²) in [6.07, 6.45) is -13.0. The van der Waals surface area contributed by atoms with Crippen LogP contribution in [-0.2, 0) is 14.2 Å². The van der Waals surface area contributed by atoms with E-state index in [1.807, 2.05) is 0 Å². The largest absolute Gasteiger partial charge is 0.394 e. The number of rotatable bonds is 4. The molecule has 2 aliphatic rings. The molecule has 0 aliphatic carbocycles. The van der Waals surface area contributed by atoms with E-state index in [9.17, 15) is 30.6 Å². The summed E-state index contributed by atoms with van der Waals surface area (Å²) in [4.78, 5) is 0. The van der Waals surface area contributed by atoms with Crippen molar-refractivity contribution in [3.05, 3.63) is 0 Å². The van der Waals surface area contributed by atoms with Gasteiger partial charge in [-0.2, -0.15) is 0 Å². The summed E-state index contributed by atoms with van der Waals surface area (Å²) in [5.41, 5.74) is 5.55. The number of aliphatic hydroxyl groups excluding tert-OH is 7. The van der Waals surface area contributed by atoms with Gasteiger partial charge >= 0.3 is 0 Å². The Morgan fingerprint density at radius 3 is 1.96 bits per heavy atom. The first-order valence-corrected chi connectivity index (χ1v) is 7.15. The van der Waals surface area contributed by atoms with Crippen molar-refractivity contribution in [2.45, 2.75) is 61.3 Å². The summed E-state index contributed by atoms with van der Waals surface area (Å²) in [6, 6.07) is -1.23. The van der Waals surface area contributed by atoms with E-state index in [1.165, 1.54) is 0 Å². The van der Waals surface area contributed by atoms with E-state index < -0.39 is 74.6 Å². The van der Waals surface area contributed by atoms with Crippen LogP contribution < -0.4 is 5.73 Å². The van der Waals surface area contributed by atoms with Crippen molar-refractivity contribution >= 4 is 0 Å². The highest BCUT2D eigenvalue weighted by Gasteiger charge is 2.49. The minimum atomic E-state index is -1.68. The van der Waals surface area contributed by atoms with E-state index in [2.05, 4.69) is 0 Å². The molecule has 10 atom stereocenters. The maximum absolute atomic E-state index is 10.1. The molecule has 9 N–H and O–H groups in total. The van der Waals surface area contributed by atoms with Crippen molar-refractivity contribution in [3.8, 4) is 0 Å². The van der Waals surface area contributed by atoms with Gasteiger partial charge in [0.1, 0.15) is 42.7 Å². The predicted octanol–water partition coefficient (Wildman–Crippen LogP) is -5.43. The fourth-order valence-corrected chi connectivity index (χ4v) is 2.60. The highest BCUT2D eigenvalue weighted by Crippen LogP contribution is 2.27.